The predicted octanol–water partition coefficient (Wildman–Crippen LogP) is 3.44. The summed E-state index contributed by atoms with van der Waals surface area (Å²) < 4.78 is 5.80. The van der Waals surface area contributed by atoms with Crippen molar-refractivity contribution < 1.29 is 4.74 Å². The van der Waals surface area contributed by atoms with E-state index in [9.17, 15) is 0 Å². The second-order valence-electron chi connectivity index (χ2n) is 4.73. The normalized spacial score (nSPS) is 14.5. The highest BCUT2D eigenvalue weighted by Gasteiger charge is 2.20. The van der Waals surface area contributed by atoms with Gasteiger partial charge in [-0.15, -0.1) is 0 Å². The Morgan fingerprint density at radius 1 is 1.21 bits per heavy atom. The van der Waals surface area contributed by atoms with Gasteiger partial charge in [-0.25, -0.2) is 0 Å². The molecule has 0 aliphatic rings. The van der Waals surface area contributed by atoms with Crippen LogP contribution in [0.5, 0.6) is 0 Å². The average molecular weight is 258 g/mol. The van der Waals surface area contributed by atoms with Gasteiger partial charge >= 0.3 is 0 Å². The third-order valence-corrected chi connectivity index (χ3v) is 3.39. The van der Waals surface area contributed by atoms with Crippen LogP contribution in [0.15, 0.2) is 36.5 Å². The molecule has 3 heteroatoms. The first-order valence-electron chi connectivity index (χ1n) is 6.98. The third-order valence-electron chi connectivity index (χ3n) is 3.39. The van der Waals surface area contributed by atoms with Gasteiger partial charge in [-0.05, 0) is 31.0 Å². The lowest BCUT2D eigenvalue weighted by molar-refractivity contribution is 0.0377. The van der Waals surface area contributed by atoms with Crippen LogP contribution in [0.2, 0.25) is 0 Å². The van der Waals surface area contributed by atoms with Gasteiger partial charge in [0, 0.05) is 18.2 Å². The van der Waals surface area contributed by atoms with Gasteiger partial charge in [0.15, 0.2) is 0 Å². The second-order valence-corrected chi connectivity index (χ2v) is 4.73. The summed E-state index contributed by atoms with van der Waals surface area (Å²) in [6, 6.07) is 10.0. The molecule has 0 saturated heterocycles. The molecule has 3 nitrogen and oxygen atoms in total. The number of hydrogen-bond donors (Lipinski definition) is 1. The van der Waals surface area contributed by atoms with Gasteiger partial charge in [0.2, 0.25) is 0 Å². The molecule has 0 spiro atoms. The number of fused-ring (bicyclic) bond motifs is 1. The summed E-state index contributed by atoms with van der Waals surface area (Å²) in [4.78, 5) is 4.38. The van der Waals surface area contributed by atoms with Crippen LogP contribution >= 0.6 is 0 Å². The molecule has 1 aromatic carbocycles. The Hall–Kier alpha value is -1.45. The second kappa shape index (κ2) is 6.64. The summed E-state index contributed by atoms with van der Waals surface area (Å²) in [7, 11) is 0. The molecule has 2 N–H and O–H groups in total. The molecule has 19 heavy (non-hydrogen) atoms. The third kappa shape index (κ3) is 3.11. The van der Waals surface area contributed by atoms with E-state index in [-0.39, 0.29) is 12.1 Å². The van der Waals surface area contributed by atoms with Crippen molar-refractivity contribution in [2.24, 2.45) is 5.73 Å². The summed E-state index contributed by atoms with van der Waals surface area (Å²) >= 11 is 0. The topological polar surface area (TPSA) is 48.1 Å². The highest BCUT2D eigenvalue weighted by molar-refractivity contribution is 5.82. The summed E-state index contributed by atoms with van der Waals surface area (Å²) in [5.41, 5.74) is 8.54. The van der Waals surface area contributed by atoms with Gasteiger partial charge in [-0.1, -0.05) is 31.5 Å². The Morgan fingerprint density at radius 3 is 2.79 bits per heavy atom. The van der Waals surface area contributed by atoms with E-state index >= 15 is 0 Å². The zero-order valence-corrected chi connectivity index (χ0v) is 11.7. The fourth-order valence-electron chi connectivity index (χ4n) is 2.48. The highest BCUT2D eigenvalue weighted by atomic mass is 16.5. The molecule has 1 aromatic heterocycles. The minimum atomic E-state index is -0.104. The van der Waals surface area contributed by atoms with E-state index in [2.05, 4.69) is 24.0 Å². The maximum absolute atomic E-state index is 6.42. The number of aromatic nitrogens is 1. The van der Waals surface area contributed by atoms with E-state index in [0.717, 1.165) is 29.3 Å². The Balaban J connectivity index is 2.36. The standard InChI is InChI=1S/C16H22N2O/c1-3-7-15(19-4-2)16(17)13-8-5-10-14-12(13)9-6-11-18-14/h5-6,8-11,15-16H,3-4,7,17H2,1-2H3. The molecule has 0 saturated carbocycles. The minimum Gasteiger partial charge on any atom is -0.377 e. The van der Waals surface area contributed by atoms with Gasteiger partial charge in [0.1, 0.15) is 0 Å². The van der Waals surface area contributed by atoms with Crippen molar-refractivity contribution >= 4 is 10.9 Å². The molecular formula is C16H22N2O. The van der Waals surface area contributed by atoms with Crippen LogP contribution in [0.3, 0.4) is 0 Å². The monoisotopic (exact) mass is 258 g/mol. The number of rotatable bonds is 6. The van der Waals surface area contributed by atoms with E-state index in [1.165, 1.54) is 0 Å². The van der Waals surface area contributed by atoms with Gasteiger partial charge in [-0.2, -0.15) is 0 Å². The van der Waals surface area contributed by atoms with E-state index in [1.807, 2.05) is 31.3 Å². The van der Waals surface area contributed by atoms with Crippen LogP contribution in [0.4, 0.5) is 0 Å². The molecule has 1 heterocycles. The summed E-state index contributed by atoms with van der Waals surface area (Å²) in [5, 5.41) is 1.12. The molecule has 0 bridgehead atoms. The summed E-state index contributed by atoms with van der Waals surface area (Å²) in [5.74, 6) is 0. The number of pyridine rings is 1. The quantitative estimate of drug-likeness (QED) is 0.863. The highest BCUT2D eigenvalue weighted by Crippen LogP contribution is 2.26. The van der Waals surface area contributed by atoms with E-state index < -0.39 is 0 Å². The number of nitrogens with two attached hydrogens (primary N) is 1. The molecule has 0 radical (unpaired) electrons. The maximum Gasteiger partial charge on any atom is 0.0767 e. The molecule has 0 fully saturated rings. The first kappa shape index (κ1) is 14.0. The molecule has 2 unspecified atom stereocenters. The van der Waals surface area contributed by atoms with Crippen molar-refractivity contribution in [1.82, 2.24) is 4.98 Å². The fourth-order valence-corrected chi connectivity index (χ4v) is 2.48. The number of benzene rings is 1. The van der Waals surface area contributed by atoms with E-state index in [4.69, 9.17) is 10.5 Å². The zero-order chi connectivity index (χ0) is 13.7. The van der Waals surface area contributed by atoms with Crippen LogP contribution in [0, 0.1) is 0 Å². The molecule has 2 aromatic rings. The lowest BCUT2D eigenvalue weighted by atomic mass is 9.95. The van der Waals surface area contributed by atoms with Crippen molar-refractivity contribution in [3.63, 3.8) is 0 Å². The maximum atomic E-state index is 6.42. The Kier molecular flexibility index (Phi) is 4.88. The van der Waals surface area contributed by atoms with E-state index in [0.29, 0.717) is 6.61 Å². The molecular weight excluding hydrogens is 236 g/mol. The molecule has 2 rings (SSSR count). The predicted molar refractivity (Wildman–Crippen MR) is 79.0 cm³/mol. The molecule has 2 atom stereocenters. The van der Waals surface area contributed by atoms with Crippen LogP contribution in [-0.4, -0.2) is 17.7 Å². The lowest BCUT2D eigenvalue weighted by Gasteiger charge is -2.24. The number of nitrogens with zero attached hydrogens (tertiary/aromatic N) is 1. The van der Waals surface area contributed by atoms with Gasteiger partial charge < -0.3 is 10.5 Å². The van der Waals surface area contributed by atoms with E-state index in [1.54, 1.807) is 0 Å². The molecule has 0 aliphatic carbocycles. The lowest BCUT2D eigenvalue weighted by Crippen LogP contribution is -2.29. The zero-order valence-electron chi connectivity index (χ0n) is 11.7. The summed E-state index contributed by atoms with van der Waals surface area (Å²) in [6.45, 7) is 4.87. The Morgan fingerprint density at radius 2 is 2.05 bits per heavy atom. The number of ether oxygens (including phenoxy) is 1. The molecule has 102 valence electrons. The van der Waals surface area contributed by atoms with Crippen molar-refractivity contribution in [2.75, 3.05) is 6.61 Å². The largest absolute Gasteiger partial charge is 0.377 e. The number of hydrogen-bond acceptors (Lipinski definition) is 3. The smallest absolute Gasteiger partial charge is 0.0767 e. The van der Waals surface area contributed by atoms with Gasteiger partial charge in [0.05, 0.1) is 17.7 Å². The Labute approximate surface area is 114 Å². The van der Waals surface area contributed by atoms with Crippen LogP contribution in [-0.2, 0) is 4.74 Å². The van der Waals surface area contributed by atoms with Crippen LogP contribution < -0.4 is 5.73 Å². The molecule has 0 amide bonds. The van der Waals surface area contributed by atoms with Crippen molar-refractivity contribution in [1.29, 1.82) is 0 Å². The summed E-state index contributed by atoms with van der Waals surface area (Å²) in [6.07, 6.45) is 3.93. The SMILES string of the molecule is CCCC(OCC)C(N)c1cccc2ncccc12. The van der Waals surface area contributed by atoms with Gasteiger partial charge in [0.25, 0.3) is 0 Å². The Bertz CT molecular complexity index is 516. The fraction of sp³-hybridized carbons (Fsp3) is 0.438. The minimum absolute atomic E-state index is 0.0702. The van der Waals surface area contributed by atoms with Crippen molar-refractivity contribution in [3.8, 4) is 0 Å². The van der Waals surface area contributed by atoms with Gasteiger partial charge in [-0.3, -0.25) is 4.98 Å². The average Bonchev–Trinajstić information content (AvgIpc) is 2.46. The first-order valence-corrected chi connectivity index (χ1v) is 6.98. The first-order chi connectivity index (χ1) is 9.27. The molecule has 0 aliphatic heterocycles. The van der Waals surface area contributed by atoms with Crippen molar-refractivity contribution in [3.05, 3.63) is 42.1 Å². The van der Waals surface area contributed by atoms with Crippen molar-refractivity contribution in [2.45, 2.75) is 38.8 Å². The van der Waals surface area contributed by atoms with Crippen LogP contribution in [0.25, 0.3) is 10.9 Å². The van der Waals surface area contributed by atoms with Crippen LogP contribution in [0.1, 0.15) is 38.3 Å².